The van der Waals surface area contributed by atoms with Gasteiger partial charge in [0.25, 0.3) is 11.8 Å². The van der Waals surface area contributed by atoms with Gasteiger partial charge in [-0.2, -0.15) is 0 Å². The molecule has 1 atom stereocenters. The molecule has 3 aromatic carbocycles. The molecule has 13 nitrogen and oxygen atoms in total. The van der Waals surface area contributed by atoms with Crippen molar-refractivity contribution in [2.75, 3.05) is 52.4 Å². The third kappa shape index (κ3) is 11.2. The van der Waals surface area contributed by atoms with E-state index in [0.717, 1.165) is 108 Å². The van der Waals surface area contributed by atoms with E-state index in [1.54, 1.807) is 17.2 Å². The van der Waals surface area contributed by atoms with Crippen molar-refractivity contribution in [2.45, 2.75) is 71.5 Å². The number of nitrogens with zero attached hydrogens (tertiary/aromatic N) is 7. The number of nitrogens with one attached hydrogen (secondary N) is 1. The summed E-state index contributed by atoms with van der Waals surface area (Å²) in [5.41, 5.74) is 7.93. The number of carbonyl (C=O) groups excluding carboxylic acids is 4. The number of hydrogen-bond donors (Lipinski definition) is 1. The Morgan fingerprint density at radius 3 is 2.35 bits per heavy atom. The quantitative estimate of drug-likeness (QED) is 0.0699. The first-order chi connectivity index (χ1) is 33.7. The highest BCUT2D eigenvalue weighted by Gasteiger charge is 2.40. The minimum atomic E-state index is -0.635. The number of fused-ring (bicyclic) bond motifs is 2. The fraction of sp³-hybridized carbons (Fsp3) is 0.339. The van der Waals surface area contributed by atoms with Crippen molar-refractivity contribution in [1.29, 1.82) is 0 Å². The molecule has 1 unspecified atom stereocenters. The van der Waals surface area contributed by atoms with Gasteiger partial charge in [0.2, 0.25) is 11.8 Å². The maximum Gasteiger partial charge on any atom is 0.255 e. The van der Waals surface area contributed by atoms with E-state index in [9.17, 15) is 19.2 Å². The van der Waals surface area contributed by atoms with Crippen LogP contribution in [0.2, 0.25) is 0 Å². The Bertz CT molecular complexity index is 2950. The largest absolute Gasteiger partial charge is 0.493 e. The Labute approximate surface area is 403 Å². The predicted octanol–water partition coefficient (Wildman–Crippen LogP) is 5.49. The standard InChI is InChI=1S/C56H58N8O5/c1-3-42-34-45(36-57-48(42)4-2)53-58-35-44-25-28-63(38-49(44)59-53)55(67)43-21-19-41(20-22-43)18-17-40-15-13-39(14-16-40)10-9-27-62-31-29-61(30-32-62)26-6-5-7-33-69-51-12-8-11-46-47(51)37-64(56(46)68)50-23-24-52(65)60-54(50)66/h3-4,8,11-22,34-36,50H,5-7,23-33,37-38H2,1-2H3,(H,60,65,66)/b18-17+,42-3-,48-4+. The van der Waals surface area contributed by atoms with Gasteiger partial charge in [-0.3, -0.25) is 34.4 Å². The summed E-state index contributed by atoms with van der Waals surface area (Å²) in [4.78, 5) is 73.2. The van der Waals surface area contributed by atoms with Gasteiger partial charge in [0.15, 0.2) is 5.82 Å². The SMILES string of the molecule is C/C=c1/cc(-c2ncc3c(n2)CN(C(=O)c2ccc(/C=C/c4ccc(C#CCN5CCN(CCCCCOc6cccc7c6CN(C6CCC(=O)NC6=O)C7=O)CC5)cc4)cc2)CC3)cn/c1=C/C. The first-order valence-corrected chi connectivity index (χ1v) is 24.2. The summed E-state index contributed by atoms with van der Waals surface area (Å²) in [7, 11) is 0. The Balaban J connectivity index is 0.666. The van der Waals surface area contributed by atoms with Crippen molar-refractivity contribution in [1.82, 2.24) is 39.9 Å². The summed E-state index contributed by atoms with van der Waals surface area (Å²) < 4.78 is 6.15. The number of aromatic nitrogens is 3. The normalized spacial score (nSPS) is 18.0. The van der Waals surface area contributed by atoms with Crippen LogP contribution in [-0.2, 0) is 29.1 Å². The number of carbonyl (C=O) groups is 4. The monoisotopic (exact) mass is 922 g/mol. The number of rotatable bonds is 13. The molecule has 0 radical (unpaired) electrons. The first kappa shape index (κ1) is 46.8. The third-order valence-electron chi connectivity index (χ3n) is 13.5. The van der Waals surface area contributed by atoms with Gasteiger partial charge in [-0.15, -0.1) is 0 Å². The van der Waals surface area contributed by atoms with Gasteiger partial charge in [0.1, 0.15) is 11.8 Å². The summed E-state index contributed by atoms with van der Waals surface area (Å²) in [6.07, 6.45) is 16.2. The second-order valence-electron chi connectivity index (χ2n) is 18.0. The van der Waals surface area contributed by atoms with Crippen molar-refractivity contribution < 1.29 is 23.9 Å². The van der Waals surface area contributed by atoms with Gasteiger partial charge in [-0.25, -0.2) is 9.97 Å². The van der Waals surface area contributed by atoms with E-state index in [1.165, 1.54) is 0 Å². The maximum absolute atomic E-state index is 13.6. The number of imide groups is 1. The Hall–Kier alpha value is -7.27. The van der Waals surface area contributed by atoms with Crippen LogP contribution in [0.4, 0.5) is 0 Å². The number of benzene rings is 3. The lowest BCUT2D eigenvalue weighted by atomic mass is 10.0. The second kappa shape index (κ2) is 21.8. The average molecular weight is 923 g/mol. The van der Waals surface area contributed by atoms with Crippen molar-refractivity contribution in [3.05, 3.63) is 140 Å². The minimum Gasteiger partial charge on any atom is -0.493 e. The first-order valence-electron chi connectivity index (χ1n) is 24.2. The number of amides is 4. The van der Waals surface area contributed by atoms with E-state index in [2.05, 4.69) is 79.4 Å². The number of piperazine rings is 1. The molecule has 2 aromatic heterocycles. The fourth-order valence-electron chi connectivity index (χ4n) is 9.41. The zero-order valence-corrected chi connectivity index (χ0v) is 39.5. The van der Waals surface area contributed by atoms with Crippen LogP contribution in [0.15, 0.2) is 85.2 Å². The van der Waals surface area contributed by atoms with Crippen molar-refractivity contribution in [3.63, 3.8) is 0 Å². The van der Waals surface area contributed by atoms with E-state index < -0.39 is 11.9 Å². The number of ether oxygens (including phenoxy) is 1. The van der Waals surface area contributed by atoms with Crippen LogP contribution in [0.5, 0.6) is 5.75 Å². The minimum absolute atomic E-state index is 0.00675. The lowest BCUT2D eigenvalue weighted by Crippen LogP contribution is -2.52. The molecule has 352 valence electrons. The molecule has 0 saturated carbocycles. The van der Waals surface area contributed by atoms with Crippen molar-refractivity contribution in [3.8, 4) is 29.0 Å². The van der Waals surface area contributed by atoms with Crippen LogP contribution in [0.3, 0.4) is 0 Å². The third-order valence-corrected chi connectivity index (χ3v) is 13.5. The molecule has 4 amide bonds. The number of piperidine rings is 1. The van der Waals surface area contributed by atoms with Gasteiger partial charge in [-0.1, -0.05) is 66.5 Å². The topological polar surface area (TPSA) is 141 Å². The van der Waals surface area contributed by atoms with E-state index >= 15 is 0 Å². The zero-order chi connectivity index (χ0) is 47.7. The molecule has 2 fully saturated rings. The molecule has 69 heavy (non-hydrogen) atoms. The molecule has 2 saturated heterocycles. The Morgan fingerprint density at radius 1 is 0.826 bits per heavy atom. The van der Waals surface area contributed by atoms with Gasteiger partial charge in [-0.05, 0) is 117 Å². The molecule has 1 N–H and O–H groups in total. The van der Waals surface area contributed by atoms with Gasteiger partial charge in [0.05, 0.1) is 37.3 Å². The number of hydrogen-bond acceptors (Lipinski definition) is 10. The smallest absolute Gasteiger partial charge is 0.255 e. The van der Waals surface area contributed by atoms with Gasteiger partial charge in [0, 0.05) is 79.4 Å². The average Bonchev–Trinajstić information content (AvgIpc) is 3.72. The molecule has 9 rings (SSSR count). The van der Waals surface area contributed by atoms with Crippen LogP contribution in [-0.4, -0.2) is 117 Å². The van der Waals surface area contributed by atoms with Crippen LogP contribution in [0.1, 0.15) is 100 Å². The summed E-state index contributed by atoms with van der Waals surface area (Å²) in [6, 6.07) is 23.0. The molecular weight excluding hydrogens is 865 g/mol. The van der Waals surface area contributed by atoms with Crippen molar-refractivity contribution >= 4 is 47.9 Å². The fourth-order valence-corrected chi connectivity index (χ4v) is 9.41. The number of unbranched alkanes of at least 4 members (excludes halogenated alkanes) is 2. The lowest BCUT2D eigenvalue weighted by molar-refractivity contribution is -0.136. The highest BCUT2D eigenvalue weighted by atomic mass is 16.5. The Kier molecular flexibility index (Phi) is 14.8. The molecule has 6 heterocycles. The highest BCUT2D eigenvalue weighted by molar-refractivity contribution is 6.05. The van der Waals surface area contributed by atoms with Crippen LogP contribution < -0.4 is 20.6 Å². The van der Waals surface area contributed by atoms with Crippen LogP contribution >= 0.6 is 0 Å². The Morgan fingerprint density at radius 2 is 1.59 bits per heavy atom. The summed E-state index contributed by atoms with van der Waals surface area (Å²) in [5.74, 6) is 7.13. The van der Waals surface area contributed by atoms with E-state index in [0.29, 0.717) is 61.8 Å². The number of pyridine rings is 1. The maximum atomic E-state index is 13.6. The molecule has 4 aliphatic heterocycles. The van der Waals surface area contributed by atoms with Gasteiger partial charge < -0.3 is 19.4 Å². The predicted molar refractivity (Wildman–Crippen MR) is 267 cm³/mol. The second-order valence-corrected chi connectivity index (χ2v) is 18.0. The molecular formula is C56H58N8O5. The van der Waals surface area contributed by atoms with Crippen LogP contribution in [0.25, 0.3) is 35.7 Å². The summed E-state index contributed by atoms with van der Waals surface area (Å²) in [6.45, 7) is 11.8. The van der Waals surface area contributed by atoms with Crippen molar-refractivity contribution in [2.24, 2.45) is 0 Å². The lowest BCUT2D eigenvalue weighted by Gasteiger charge is -2.33. The highest BCUT2D eigenvalue weighted by Crippen LogP contribution is 2.34. The van der Waals surface area contributed by atoms with Gasteiger partial charge >= 0.3 is 0 Å². The van der Waals surface area contributed by atoms with Crippen LogP contribution in [0, 0.1) is 11.8 Å². The molecule has 13 heteroatoms. The summed E-state index contributed by atoms with van der Waals surface area (Å²) >= 11 is 0. The molecule has 0 spiro atoms. The molecule has 0 aliphatic carbocycles. The summed E-state index contributed by atoms with van der Waals surface area (Å²) in [5, 5.41) is 4.32. The molecule has 4 aliphatic rings. The molecule has 0 bridgehead atoms. The molecule has 5 aromatic rings. The van der Waals surface area contributed by atoms with E-state index in [1.807, 2.05) is 73.5 Å². The van der Waals surface area contributed by atoms with E-state index in [-0.39, 0.29) is 24.1 Å². The zero-order valence-electron chi connectivity index (χ0n) is 39.5. The van der Waals surface area contributed by atoms with E-state index in [4.69, 9.17) is 9.72 Å².